The molecule has 0 aliphatic carbocycles. The molecule has 1 aromatic carbocycles. The van der Waals surface area contributed by atoms with Crippen LogP contribution in [-0.4, -0.2) is 60.4 Å². The zero-order valence-corrected chi connectivity index (χ0v) is 15.9. The Hall–Kier alpha value is -2.93. The molecule has 2 heterocycles. The number of nitrogens with zero attached hydrogens (tertiary/aromatic N) is 4. The largest absolute Gasteiger partial charge is 0.489 e. The maximum atomic E-state index is 12.3. The molecule has 9 nitrogen and oxygen atoms in total. The number of hydrogen-bond donors (Lipinski definition) is 2. The van der Waals surface area contributed by atoms with Gasteiger partial charge in [-0.15, -0.1) is 0 Å². The summed E-state index contributed by atoms with van der Waals surface area (Å²) in [6.07, 6.45) is 2.51. The summed E-state index contributed by atoms with van der Waals surface area (Å²) in [6.45, 7) is 2.67. The minimum atomic E-state index is -0.542. The third-order valence-corrected chi connectivity index (χ3v) is 4.20. The van der Waals surface area contributed by atoms with Crippen LogP contribution in [-0.2, 0) is 4.74 Å². The van der Waals surface area contributed by atoms with Crippen molar-refractivity contribution in [2.45, 2.75) is 6.10 Å². The van der Waals surface area contributed by atoms with Crippen molar-refractivity contribution in [3.05, 3.63) is 41.3 Å². The first-order valence-electron chi connectivity index (χ1n) is 8.56. The molecule has 2 amide bonds. The highest BCUT2D eigenvalue weighted by Crippen LogP contribution is 2.28. The normalized spacial score (nSPS) is 16.8. The Morgan fingerprint density at radius 3 is 3.00 bits per heavy atom. The summed E-state index contributed by atoms with van der Waals surface area (Å²) in [4.78, 5) is 22.2. The van der Waals surface area contributed by atoms with Gasteiger partial charge in [0.1, 0.15) is 24.5 Å². The number of rotatable bonds is 5. The summed E-state index contributed by atoms with van der Waals surface area (Å²) in [5.74, 6) is 0.682. The number of likely N-dealkylation sites (N-methyl/N-ethyl adjacent to an activating group) is 1. The second kappa shape index (κ2) is 9.32. The smallest absolute Gasteiger partial charge is 0.325 e. The lowest BCUT2D eigenvalue weighted by Gasteiger charge is -2.30. The lowest BCUT2D eigenvalue weighted by atomic mass is 10.2. The highest BCUT2D eigenvalue weighted by atomic mass is 35.5. The topological polar surface area (TPSA) is 112 Å². The van der Waals surface area contributed by atoms with Gasteiger partial charge in [0.25, 0.3) is 0 Å². The van der Waals surface area contributed by atoms with Crippen molar-refractivity contribution in [2.75, 3.05) is 44.0 Å². The Kier molecular flexibility index (Phi) is 6.60. The molecule has 0 bridgehead atoms. The van der Waals surface area contributed by atoms with E-state index in [2.05, 4.69) is 25.5 Å². The molecule has 2 aromatic rings. The number of ether oxygens (including phenoxy) is 2. The summed E-state index contributed by atoms with van der Waals surface area (Å²) < 4.78 is 11.5. The van der Waals surface area contributed by atoms with Crippen LogP contribution in [0.1, 0.15) is 5.69 Å². The van der Waals surface area contributed by atoms with E-state index in [4.69, 9.17) is 26.3 Å². The Morgan fingerprint density at radius 1 is 1.43 bits per heavy atom. The number of nitriles is 1. The lowest BCUT2D eigenvalue weighted by Crippen LogP contribution is -2.42. The van der Waals surface area contributed by atoms with Crippen LogP contribution >= 0.6 is 11.6 Å². The van der Waals surface area contributed by atoms with E-state index in [-0.39, 0.29) is 17.6 Å². The molecule has 10 heteroatoms. The summed E-state index contributed by atoms with van der Waals surface area (Å²) in [6, 6.07) is 6.28. The van der Waals surface area contributed by atoms with E-state index in [0.29, 0.717) is 29.7 Å². The van der Waals surface area contributed by atoms with Crippen molar-refractivity contribution in [3.8, 4) is 11.8 Å². The van der Waals surface area contributed by atoms with E-state index in [1.54, 1.807) is 18.2 Å². The fourth-order valence-electron chi connectivity index (χ4n) is 2.60. The van der Waals surface area contributed by atoms with Gasteiger partial charge in [-0.05, 0) is 25.2 Å². The molecule has 1 saturated heterocycles. The van der Waals surface area contributed by atoms with Crippen LogP contribution in [0.25, 0.3) is 0 Å². The second-order valence-corrected chi connectivity index (χ2v) is 6.62. The first-order chi connectivity index (χ1) is 13.5. The fraction of sp³-hybridized carbons (Fsp3) is 0.333. The molecule has 1 fully saturated rings. The summed E-state index contributed by atoms with van der Waals surface area (Å²) in [5, 5.41) is 14.4. The molecule has 146 valence electrons. The molecule has 0 radical (unpaired) electrons. The maximum Gasteiger partial charge on any atom is 0.325 e. The monoisotopic (exact) mass is 402 g/mol. The molecule has 1 aromatic heterocycles. The Bertz CT molecular complexity index is 871. The number of aromatic nitrogens is 2. The van der Waals surface area contributed by atoms with E-state index in [1.807, 2.05) is 13.1 Å². The SMILES string of the molecule is CN1CCOC(COc2ccc(Cl)cc2NC(=O)Nc2cnc(C#N)cn2)C1. The zero-order chi connectivity index (χ0) is 19.9. The Balaban J connectivity index is 1.62. The third kappa shape index (κ3) is 5.53. The van der Waals surface area contributed by atoms with Crippen LogP contribution in [0, 0.1) is 11.3 Å². The quantitative estimate of drug-likeness (QED) is 0.789. The van der Waals surface area contributed by atoms with Crippen LogP contribution in [0.15, 0.2) is 30.6 Å². The molecular formula is C18H19ClN6O3. The van der Waals surface area contributed by atoms with Crippen molar-refractivity contribution in [1.82, 2.24) is 14.9 Å². The molecule has 3 rings (SSSR count). The average Bonchev–Trinajstić information content (AvgIpc) is 2.68. The number of morpholine rings is 1. The standard InChI is InChI=1S/C18H19ClN6O3/c1-25-4-5-27-14(10-25)11-28-16-3-2-12(19)6-15(16)23-18(26)24-17-9-21-13(7-20)8-22-17/h2-3,6,8-9,14H,4-5,10-11H2,1H3,(H2,22,23,24,26). The summed E-state index contributed by atoms with van der Waals surface area (Å²) in [5.41, 5.74) is 0.572. The molecular weight excluding hydrogens is 384 g/mol. The lowest BCUT2D eigenvalue weighted by molar-refractivity contribution is -0.0402. The van der Waals surface area contributed by atoms with Gasteiger partial charge in [-0.2, -0.15) is 5.26 Å². The fourth-order valence-corrected chi connectivity index (χ4v) is 2.77. The zero-order valence-electron chi connectivity index (χ0n) is 15.2. The first-order valence-corrected chi connectivity index (χ1v) is 8.94. The number of urea groups is 1. The van der Waals surface area contributed by atoms with E-state index >= 15 is 0 Å². The predicted octanol–water partition coefficient (Wildman–Crippen LogP) is 2.36. The van der Waals surface area contributed by atoms with Gasteiger partial charge >= 0.3 is 6.03 Å². The third-order valence-electron chi connectivity index (χ3n) is 3.96. The molecule has 1 aliphatic heterocycles. The molecule has 0 spiro atoms. The molecule has 0 saturated carbocycles. The van der Waals surface area contributed by atoms with Crippen LogP contribution in [0.2, 0.25) is 5.02 Å². The van der Waals surface area contributed by atoms with Crippen LogP contribution in [0.3, 0.4) is 0 Å². The van der Waals surface area contributed by atoms with E-state index in [1.165, 1.54) is 12.4 Å². The number of carbonyl (C=O) groups is 1. The average molecular weight is 403 g/mol. The van der Waals surface area contributed by atoms with Gasteiger partial charge in [0, 0.05) is 18.1 Å². The van der Waals surface area contributed by atoms with Crippen molar-refractivity contribution in [3.63, 3.8) is 0 Å². The molecule has 1 aliphatic rings. The summed E-state index contributed by atoms with van der Waals surface area (Å²) in [7, 11) is 2.03. The van der Waals surface area contributed by atoms with Crippen molar-refractivity contribution in [2.24, 2.45) is 0 Å². The van der Waals surface area contributed by atoms with Gasteiger partial charge in [-0.25, -0.2) is 14.8 Å². The number of anilines is 2. The van der Waals surface area contributed by atoms with Gasteiger partial charge < -0.3 is 19.7 Å². The maximum absolute atomic E-state index is 12.3. The highest BCUT2D eigenvalue weighted by molar-refractivity contribution is 6.31. The minimum Gasteiger partial charge on any atom is -0.489 e. The Morgan fingerprint density at radius 2 is 2.29 bits per heavy atom. The number of amides is 2. The van der Waals surface area contributed by atoms with Crippen LogP contribution in [0.4, 0.5) is 16.3 Å². The molecule has 1 atom stereocenters. The predicted molar refractivity (Wildman–Crippen MR) is 104 cm³/mol. The van der Waals surface area contributed by atoms with Crippen molar-refractivity contribution < 1.29 is 14.3 Å². The van der Waals surface area contributed by atoms with E-state index in [0.717, 1.165) is 13.1 Å². The van der Waals surface area contributed by atoms with Gasteiger partial charge in [0.05, 0.1) is 24.7 Å². The first kappa shape index (κ1) is 19.8. The van der Waals surface area contributed by atoms with Gasteiger partial charge in [-0.3, -0.25) is 5.32 Å². The van der Waals surface area contributed by atoms with Gasteiger partial charge in [0.15, 0.2) is 11.5 Å². The van der Waals surface area contributed by atoms with Crippen molar-refractivity contribution in [1.29, 1.82) is 5.26 Å². The highest BCUT2D eigenvalue weighted by Gasteiger charge is 2.19. The second-order valence-electron chi connectivity index (χ2n) is 6.18. The minimum absolute atomic E-state index is 0.0509. The van der Waals surface area contributed by atoms with Crippen LogP contribution < -0.4 is 15.4 Å². The van der Waals surface area contributed by atoms with Crippen molar-refractivity contribution >= 4 is 29.1 Å². The number of halogens is 1. The van der Waals surface area contributed by atoms with Gasteiger partial charge in [-0.1, -0.05) is 11.6 Å². The van der Waals surface area contributed by atoms with Crippen LogP contribution in [0.5, 0.6) is 5.75 Å². The van der Waals surface area contributed by atoms with Gasteiger partial charge in [0.2, 0.25) is 0 Å². The van der Waals surface area contributed by atoms with E-state index in [9.17, 15) is 4.79 Å². The molecule has 1 unspecified atom stereocenters. The Labute approximate surface area is 167 Å². The number of carbonyl (C=O) groups excluding carboxylic acids is 1. The number of benzene rings is 1. The van der Waals surface area contributed by atoms with E-state index < -0.39 is 6.03 Å². The molecule has 28 heavy (non-hydrogen) atoms. The number of nitrogens with one attached hydrogen (secondary N) is 2. The number of hydrogen-bond acceptors (Lipinski definition) is 7. The molecule has 2 N–H and O–H groups in total. The summed E-state index contributed by atoms with van der Waals surface area (Å²) >= 11 is 6.05.